The van der Waals surface area contributed by atoms with Crippen LogP contribution in [0.3, 0.4) is 0 Å². The molecule has 1 amide bonds. The van der Waals surface area contributed by atoms with Gasteiger partial charge in [-0.15, -0.1) is 0 Å². The standard InChI is InChI=1S/C15H23NO/c1-2-3-4-5-6-7-9-12-15(17)16-13-10-8-11-14-16/h2-3,6-7,9,12H,4-5,8,10-11,13-14H2,1H3/b3-2-,7-6+,12-9+. The molecule has 94 valence electrons. The smallest absolute Gasteiger partial charge is 0.246 e. The number of hydrogen-bond acceptors (Lipinski definition) is 1. The van der Waals surface area contributed by atoms with Crippen molar-refractivity contribution in [3.05, 3.63) is 36.5 Å². The predicted octanol–water partition coefficient (Wildman–Crippen LogP) is 3.47. The molecular weight excluding hydrogens is 210 g/mol. The van der Waals surface area contributed by atoms with Gasteiger partial charge in [-0.3, -0.25) is 4.79 Å². The lowest BCUT2D eigenvalue weighted by Gasteiger charge is -2.25. The molecule has 0 radical (unpaired) electrons. The topological polar surface area (TPSA) is 20.3 Å². The van der Waals surface area contributed by atoms with Crippen LogP contribution in [0.2, 0.25) is 0 Å². The second-order valence-electron chi connectivity index (χ2n) is 4.32. The van der Waals surface area contributed by atoms with Gasteiger partial charge in [0.1, 0.15) is 0 Å². The monoisotopic (exact) mass is 233 g/mol. The summed E-state index contributed by atoms with van der Waals surface area (Å²) >= 11 is 0. The Bertz CT molecular complexity index is 296. The van der Waals surface area contributed by atoms with Gasteiger partial charge < -0.3 is 4.90 Å². The Kier molecular flexibility index (Phi) is 7.12. The first-order chi connectivity index (χ1) is 8.34. The van der Waals surface area contributed by atoms with Gasteiger partial charge in [0.15, 0.2) is 0 Å². The highest BCUT2D eigenvalue weighted by molar-refractivity contribution is 5.87. The molecule has 0 spiro atoms. The average Bonchev–Trinajstić information content (AvgIpc) is 2.38. The van der Waals surface area contributed by atoms with Crippen LogP contribution in [0.15, 0.2) is 36.5 Å². The van der Waals surface area contributed by atoms with Crippen molar-refractivity contribution in [2.75, 3.05) is 13.1 Å². The van der Waals surface area contributed by atoms with Gasteiger partial charge in [0.05, 0.1) is 0 Å². The van der Waals surface area contributed by atoms with Crippen LogP contribution in [-0.2, 0) is 4.79 Å². The molecule has 1 aliphatic heterocycles. The second-order valence-corrected chi connectivity index (χ2v) is 4.32. The number of nitrogens with zero attached hydrogens (tertiary/aromatic N) is 1. The summed E-state index contributed by atoms with van der Waals surface area (Å²) in [5, 5.41) is 0. The Morgan fingerprint density at radius 1 is 1.06 bits per heavy atom. The largest absolute Gasteiger partial charge is 0.339 e. The van der Waals surface area contributed by atoms with E-state index in [9.17, 15) is 4.79 Å². The number of piperidine rings is 1. The molecule has 2 nitrogen and oxygen atoms in total. The quantitative estimate of drug-likeness (QED) is 0.308. The normalized spacial score (nSPS) is 17.6. The molecule has 1 saturated heterocycles. The van der Waals surface area contributed by atoms with Gasteiger partial charge in [-0.25, -0.2) is 0 Å². The van der Waals surface area contributed by atoms with Crippen LogP contribution in [0.4, 0.5) is 0 Å². The van der Waals surface area contributed by atoms with Gasteiger partial charge in [-0.1, -0.05) is 30.4 Å². The number of hydrogen-bond donors (Lipinski definition) is 0. The molecule has 2 heteroatoms. The van der Waals surface area contributed by atoms with Gasteiger partial charge in [0.25, 0.3) is 0 Å². The molecule has 0 saturated carbocycles. The zero-order valence-electron chi connectivity index (χ0n) is 10.8. The summed E-state index contributed by atoms with van der Waals surface area (Å²) < 4.78 is 0. The summed E-state index contributed by atoms with van der Waals surface area (Å²) in [6.07, 6.45) is 17.5. The van der Waals surface area contributed by atoms with Gasteiger partial charge in [0, 0.05) is 19.2 Å². The summed E-state index contributed by atoms with van der Waals surface area (Å²) in [5.74, 6) is 0.155. The van der Waals surface area contributed by atoms with E-state index in [1.54, 1.807) is 6.08 Å². The van der Waals surface area contributed by atoms with E-state index >= 15 is 0 Å². The highest BCUT2D eigenvalue weighted by Crippen LogP contribution is 2.08. The Balaban J connectivity index is 2.20. The zero-order valence-corrected chi connectivity index (χ0v) is 10.8. The van der Waals surface area contributed by atoms with Crippen molar-refractivity contribution >= 4 is 5.91 Å². The van der Waals surface area contributed by atoms with Crippen molar-refractivity contribution in [1.82, 2.24) is 4.90 Å². The number of carbonyl (C=O) groups is 1. The van der Waals surface area contributed by atoms with E-state index in [2.05, 4.69) is 18.2 Å². The average molecular weight is 233 g/mol. The number of carbonyl (C=O) groups excluding carboxylic acids is 1. The van der Waals surface area contributed by atoms with Crippen LogP contribution in [-0.4, -0.2) is 23.9 Å². The Morgan fingerprint density at radius 2 is 1.76 bits per heavy atom. The zero-order chi connectivity index (χ0) is 12.3. The first-order valence-electron chi connectivity index (χ1n) is 6.58. The number of unbranched alkanes of at least 4 members (excludes halogenated alkanes) is 1. The minimum absolute atomic E-state index is 0.155. The lowest BCUT2D eigenvalue weighted by molar-refractivity contribution is -0.126. The van der Waals surface area contributed by atoms with Crippen LogP contribution in [0, 0.1) is 0 Å². The fraction of sp³-hybridized carbons (Fsp3) is 0.533. The van der Waals surface area contributed by atoms with E-state index in [4.69, 9.17) is 0 Å². The third-order valence-electron chi connectivity index (χ3n) is 2.89. The SMILES string of the molecule is C/C=C\CC/C=C/C=C/C(=O)N1CCCCC1. The third kappa shape index (κ3) is 6.10. The Hall–Kier alpha value is -1.31. The molecular formula is C15H23NO. The maximum Gasteiger partial charge on any atom is 0.246 e. The minimum Gasteiger partial charge on any atom is -0.339 e. The van der Waals surface area contributed by atoms with Crippen LogP contribution in [0.1, 0.15) is 39.0 Å². The fourth-order valence-electron chi connectivity index (χ4n) is 1.89. The number of rotatable bonds is 5. The predicted molar refractivity (Wildman–Crippen MR) is 72.8 cm³/mol. The number of amides is 1. The van der Waals surface area contributed by atoms with E-state index in [-0.39, 0.29) is 5.91 Å². The van der Waals surface area contributed by atoms with Crippen molar-refractivity contribution in [1.29, 1.82) is 0 Å². The van der Waals surface area contributed by atoms with Crippen molar-refractivity contribution in [3.8, 4) is 0 Å². The van der Waals surface area contributed by atoms with Gasteiger partial charge >= 0.3 is 0 Å². The molecule has 0 unspecified atom stereocenters. The lowest BCUT2D eigenvalue weighted by Crippen LogP contribution is -2.34. The summed E-state index contributed by atoms with van der Waals surface area (Å²) in [7, 11) is 0. The highest BCUT2D eigenvalue weighted by atomic mass is 16.2. The van der Waals surface area contributed by atoms with Crippen LogP contribution in [0.25, 0.3) is 0 Å². The van der Waals surface area contributed by atoms with Gasteiger partial charge in [-0.05, 0) is 39.0 Å². The molecule has 17 heavy (non-hydrogen) atoms. The summed E-state index contributed by atoms with van der Waals surface area (Å²) in [6.45, 7) is 3.88. The van der Waals surface area contributed by atoms with Gasteiger partial charge in [0.2, 0.25) is 5.91 Å². The lowest BCUT2D eigenvalue weighted by atomic mass is 10.1. The molecule has 1 fully saturated rings. The molecule has 0 aromatic heterocycles. The van der Waals surface area contributed by atoms with E-state index in [1.807, 2.05) is 24.0 Å². The van der Waals surface area contributed by atoms with E-state index < -0.39 is 0 Å². The Labute approximate surface area is 105 Å². The molecule has 0 atom stereocenters. The Morgan fingerprint density at radius 3 is 2.47 bits per heavy atom. The highest BCUT2D eigenvalue weighted by Gasteiger charge is 2.12. The van der Waals surface area contributed by atoms with Gasteiger partial charge in [-0.2, -0.15) is 0 Å². The fourth-order valence-corrected chi connectivity index (χ4v) is 1.89. The molecule has 1 rings (SSSR count). The number of likely N-dealkylation sites (tertiary alicyclic amines) is 1. The van der Waals surface area contributed by atoms with Crippen LogP contribution < -0.4 is 0 Å². The molecule has 0 aromatic carbocycles. The summed E-state index contributed by atoms with van der Waals surface area (Å²) in [6, 6.07) is 0. The summed E-state index contributed by atoms with van der Waals surface area (Å²) in [4.78, 5) is 13.7. The van der Waals surface area contributed by atoms with Crippen molar-refractivity contribution in [2.45, 2.75) is 39.0 Å². The third-order valence-corrected chi connectivity index (χ3v) is 2.89. The molecule has 0 aromatic rings. The maximum absolute atomic E-state index is 11.7. The molecule has 0 aliphatic carbocycles. The maximum atomic E-state index is 11.7. The molecule has 1 heterocycles. The molecule has 0 N–H and O–H groups in total. The first kappa shape index (κ1) is 13.8. The second kappa shape index (κ2) is 8.80. The first-order valence-corrected chi connectivity index (χ1v) is 6.58. The van der Waals surface area contributed by atoms with Crippen LogP contribution in [0.5, 0.6) is 0 Å². The van der Waals surface area contributed by atoms with E-state index in [0.717, 1.165) is 38.8 Å². The van der Waals surface area contributed by atoms with Crippen molar-refractivity contribution in [2.24, 2.45) is 0 Å². The van der Waals surface area contributed by atoms with Crippen molar-refractivity contribution in [3.63, 3.8) is 0 Å². The van der Waals surface area contributed by atoms with Crippen LogP contribution >= 0.6 is 0 Å². The van der Waals surface area contributed by atoms with E-state index in [1.165, 1.54) is 6.42 Å². The van der Waals surface area contributed by atoms with Crippen molar-refractivity contribution < 1.29 is 4.79 Å². The molecule has 1 aliphatic rings. The minimum atomic E-state index is 0.155. The van der Waals surface area contributed by atoms with E-state index in [0.29, 0.717) is 0 Å². The summed E-state index contributed by atoms with van der Waals surface area (Å²) in [5.41, 5.74) is 0. The molecule has 0 bridgehead atoms. The number of allylic oxidation sites excluding steroid dienone is 5.